The molecular formula is C13H26N2O. The molecule has 94 valence electrons. The molecule has 1 aliphatic carbocycles. The standard InChI is InChI=1S/C13H26N2O/c1-10(2)7-11(9-14)8-13(16)15(3)12-5-4-6-12/h10-12H,4-9,14H2,1-3H3. The summed E-state index contributed by atoms with van der Waals surface area (Å²) in [5.74, 6) is 1.26. The Morgan fingerprint density at radius 2 is 2.06 bits per heavy atom. The van der Waals surface area contributed by atoms with Crippen molar-refractivity contribution in [3.8, 4) is 0 Å². The van der Waals surface area contributed by atoms with Crippen molar-refractivity contribution in [1.29, 1.82) is 0 Å². The van der Waals surface area contributed by atoms with Gasteiger partial charge in [-0.1, -0.05) is 13.8 Å². The molecule has 0 saturated heterocycles. The fourth-order valence-corrected chi connectivity index (χ4v) is 2.30. The van der Waals surface area contributed by atoms with Crippen molar-refractivity contribution in [2.75, 3.05) is 13.6 Å². The van der Waals surface area contributed by atoms with Crippen LogP contribution in [0, 0.1) is 11.8 Å². The highest BCUT2D eigenvalue weighted by Gasteiger charge is 2.26. The highest BCUT2D eigenvalue weighted by molar-refractivity contribution is 5.76. The summed E-state index contributed by atoms with van der Waals surface area (Å²) in [5, 5.41) is 0. The van der Waals surface area contributed by atoms with Gasteiger partial charge < -0.3 is 10.6 Å². The van der Waals surface area contributed by atoms with Gasteiger partial charge in [-0.15, -0.1) is 0 Å². The van der Waals surface area contributed by atoms with E-state index >= 15 is 0 Å². The summed E-state index contributed by atoms with van der Waals surface area (Å²) in [6, 6.07) is 0.505. The average molecular weight is 226 g/mol. The zero-order chi connectivity index (χ0) is 12.1. The van der Waals surface area contributed by atoms with Gasteiger partial charge in [0.2, 0.25) is 5.91 Å². The van der Waals surface area contributed by atoms with Gasteiger partial charge in [0.25, 0.3) is 0 Å². The second-order valence-corrected chi connectivity index (χ2v) is 5.52. The molecule has 0 aromatic carbocycles. The van der Waals surface area contributed by atoms with Crippen molar-refractivity contribution in [2.24, 2.45) is 17.6 Å². The van der Waals surface area contributed by atoms with Crippen molar-refractivity contribution >= 4 is 5.91 Å². The first kappa shape index (κ1) is 13.5. The van der Waals surface area contributed by atoms with E-state index in [0.29, 0.717) is 30.8 Å². The first-order valence-electron chi connectivity index (χ1n) is 6.50. The Balaban J connectivity index is 2.35. The minimum absolute atomic E-state index is 0.279. The molecule has 3 nitrogen and oxygen atoms in total. The zero-order valence-electron chi connectivity index (χ0n) is 10.9. The molecular weight excluding hydrogens is 200 g/mol. The Hall–Kier alpha value is -0.570. The monoisotopic (exact) mass is 226 g/mol. The SMILES string of the molecule is CC(C)CC(CN)CC(=O)N(C)C1CCC1. The molecule has 0 aliphatic heterocycles. The maximum absolute atomic E-state index is 12.0. The van der Waals surface area contributed by atoms with Crippen LogP contribution in [-0.2, 0) is 4.79 Å². The number of carbonyl (C=O) groups is 1. The molecule has 1 rings (SSSR count). The van der Waals surface area contributed by atoms with E-state index in [1.807, 2.05) is 11.9 Å². The number of amides is 1. The van der Waals surface area contributed by atoms with E-state index in [1.54, 1.807) is 0 Å². The summed E-state index contributed by atoms with van der Waals surface area (Å²) < 4.78 is 0. The Bertz CT molecular complexity index is 224. The van der Waals surface area contributed by atoms with Crippen LogP contribution in [0.1, 0.15) is 46.0 Å². The molecule has 2 N–H and O–H groups in total. The quantitative estimate of drug-likeness (QED) is 0.753. The predicted octanol–water partition coefficient (Wildman–Crippen LogP) is 2.01. The Morgan fingerprint density at radius 1 is 1.44 bits per heavy atom. The summed E-state index contributed by atoms with van der Waals surface area (Å²) in [5.41, 5.74) is 5.72. The molecule has 0 aromatic heterocycles. The maximum Gasteiger partial charge on any atom is 0.222 e. The molecule has 1 amide bonds. The van der Waals surface area contributed by atoms with E-state index in [9.17, 15) is 4.79 Å². The lowest BCUT2D eigenvalue weighted by Gasteiger charge is -2.35. The zero-order valence-corrected chi connectivity index (χ0v) is 10.9. The highest BCUT2D eigenvalue weighted by atomic mass is 16.2. The minimum atomic E-state index is 0.279. The van der Waals surface area contributed by atoms with Crippen molar-refractivity contribution < 1.29 is 4.79 Å². The van der Waals surface area contributed by atoms with Crippen LogP contribution in [0.25, 0.3) is 0 Å². The summed E-state index contributed by atoms with van der Waals surface area (Å²) >= 11 is 0. The molecule has 0 spiro atoms. The Kier molecular flexibility index (Phi) is 5.26. The minimum Gasteiger partial charge on any atom is -0.343 e. The van der Waals surface area contributed by atoms with E-state index in [2.05, 4.69) is 13.8 Å². The summed E-state index contributed by atoms with van der Waals surface area (Å²) in [6.07, 6.45) is 5.32. The maximum atomic E-state index is 12.0. The molecule has 1 aliphatic rings. The van der Waals surface area contributed by atoms with Crippen LogP contribution in [0.5, 0.6) is 0 Å². The Morgan fingerprint density at radius 3 is 2.44 bits per heavy atom. The fourth-order valence-electron chi connectivity index (χ4n) is 2.30. The van der Waals surface area contributed by atoms with Crippen molar-refractivity contribution in [1.82, 2.24) is 4.90 Å². The van der Waals surface area contributed by atoms with Gasteiger partial charge in [-0.25, -0.2) is 0 Å². The van der Waals surface area contributed by atoms with E-state index in [-0.39, 0.29) is 5.91 Å². The second kappa shape index (κ2) is 6.24. The van der Waals surface area contributed by atoms with Crippen LogP contribution in [0.15, 0.2) is 0 Å². The molecule has 0 radical (unpaired) electrons. The van der Waals surface area contributed by atoms with Crippen LogP contribution >= 0.6 is 0 Å². The topological polar surface area (TPSA) is 46.3 Å². The lowest BCUT2D eigenvalue weighted by Crippen LogP contribution is -2.42. The fraction of sp³-hybridized carbons (Fsp3) is 0.923. The average Bonchev–Trinajstić information content (AvgIpc) is 2.13. The summed E-state index contributed by atoms with van der Waals surface area (Å²) in [4.78, 5) is 13.9. The van der Waals surface area contributed by atoms with Crippen LogP contribution in [0.3, 0.4) is 0 Å². The molecule has 0 heterocycles. The van der Waals surface area contributed by atoms with Crippen LogP contribution in [0.4, 0.5) is 0 Å². The van der Waals surface area contributed by atoms with Gasteiger partial charge in [0, 0.05) is 19.5 Å². The first-order chi connectivity index (χ1) is 7.54. The second-order valence-electron chi connectivity index (χ2n) is 5.52. The van der Waals surface area contributed by atoms with Crippen molar-refractivity contribution in [2.45, 2.75) is 52.0 Å². The number of hydrogen-bond acceptors (Lipinski definition) is 2. The van der Waals surface area contributed by atoms with Crippen molar-refractivity contribution in [3.63, 3.8) is 0 Å². The molecule has 0 aromatic rings. The highest BCUT2D eigenvalue weighted by Crippen LogP contribution is 2.25. The van der Waals surface area contributed by atoms with Gasteiger partial charge in [-0.2, -0.15) is 0 Å². The van der Waals surface area contributed by atoms with Crippen LogP contribution in [0.2, 0.25) is 0 Å². The number of nitrogens with zero attached hydrogens (tertiary/aromatic N) is 1. The van der Waals surface area contributed by atoms with Crippen LogP contribution < -0.4 is 5.73 Å². The van der Waals surface area contributed by atoms with E-state index < -0.39 is 0 Å². The smallest absolute Gasteiger partial charge is 0.222 e. The van der Waals surface area contributed by atoms with Crippen molar-refractivity contribution in [3.05, 3.63) is 0 Å². The molecule has 1 atom stereocenters. The third-order valence-corrected chi connectivity index (χ3v) is 3.62. The molecule has 1 fully saturated rings. The summed E-state index contributed by atoms with van der Waals surface area (Å²) in [7, 11) is 1.94. The normalized spacial score (nSPS) is 18.3. The molecule has 3 heteroatoms. The largest absolute Gasteiger partial charge is 0.343 e. The molecule has 0 bridgehead atoms. The number of nitrogens with two attached hydrogens (primary N) is 1. The van der Waals surface area contributed by atoms with E-state index in [0.717, 1.165) is 6.42 Å². The predicted molar refractivity (Wildman–Crippen MR) is 67.0 cm³/mol. The number of rotatable bonds is 6. The summed E-state index contributed by atoms with van der Waals surface area (Å²) in [6.45, 7) is 4.99. The lowest BCUT2D eigenvalue weighted by molar-refractivity contribution is -0.134. The first-order valence-corrected chi connectivity index (χ1v) is 6.50. The van der Waals surface area contributed by atoms with Gasteiger partial charge in [-0.05, 0) is 44.1 Å². The van der Waals surface area contributed by atoms with E-state index in [4.69, 9.17) is 5.73 Å². The van der Waals surface area contributed by atoms with Gasteiger partial charge in [-0.3, -0.25) is 4.79 Å². The number of carbonyl (C=O) groups excluding carboxylic acids is 1. The number of hydrogen-bond donors (Lipinski definition) is 1. The van der Waals surface area contributed by atoms with Crippen LogP contribution in [-0.4, -0.2) is 30.4 Å². The third kappa shape index (κ3) is 3.78. The van der Waals surface area contributed by atoms with Gasteiger partial charge >= 0.3 is 0 Å². The third-order valence-electron chi connectivity index (χ3n) is 3.62. The molecule has 1 saturated carbocycles. The molecule has 16 heavy (non-hydrogen) atoms. The van der Waals surface area contributed by atoms with E-state index in [1.165, 1.54) is 19.3 Å². The van der Waals surface area contributed by atoms with Gasteiger partial charge in [0.1, 0.15) is 0 Å². The van der Waals surface area contributed by atoms with Gasteiger partial charge in [0.05, 0.1) is 0 Å². The molecule has 1 unspecified atom stereocenters. The van der Waals surface area contributed by atoms with Gasteiger partial charge in [0.15, 0.2) is 0 Å². The lowest BCUT2D eigenvalue weighted by atomic mass is 9.90. The Labute approximate surface area is 99.4 Å².